The molecule has 2 nitrogen and oxygen atoms in total. The van der Waals surface area contributed by atoms with Crippen molar-refractivity contribution in [2.45, 2.75) is 32.9 Å². The lowest BCUT2D eigenvalue weighted by atomic mass is 10.1. The molecular weight excluding hydrogens is 215 g/mol. The predicted octanol–water partition coefficient (Wildman–Crippen LogP) is 2.74. The summed E-state index contributed by atoms with van der Waals surface area (Å²) in [5.74, 6) is -0.164. The van der Waals surface area contributed by atoms with Crippen LogP contribution in [0.25, 0.3) is 0 Å². The van der Waals surface area contributed by atoms with Crippen molar-refractivity contribution in [1.29, 1.82) is 0 Å². The minimum absolute atomic E-state index is 0.164. The Bertz CT molecular complexity index is 361. The van der Waals surface area contributed by atoms with E-state index in [0.717, 1.165) is 25.3 Å². The molecule has 1 saturated heterocycles. The fourth-order valence-electron chi connectivity index (χ4n) is 2.63. The molecule has 3 heteroatoms. The molecule has 0 bridgehead atoms. The number of benzene rings is 1. The number of hydrogen-bond donors (Lipinski definition) is 0. The number of anilines is 1. The fourth-order valence-corrected chi connectivity index (χ4v) is 2.63. The highest BCUT2D eigenvalue weighted by Crippen LogP contribution is 2.20. The summed E-state index contributed by atoms with van der Waals surface area (Å²) in [7, 11) is 0. The van der Waals surface area contributed by atoms with E-state index in [2.05, 4.69) is 30.6 Å². The van der Waals surface area contributed by atoms with E-state index in [1.165, 1.54) is 12.1 Å². The molecule has 1 heterocycles. The van der Waals surface area contributed by atoms with Gasteiger partial charge in [-0.25, -0.2) is 4.39 Å². The van der Waals surface area contributed by atoms with E-state index >= 15 is 0 Å². The Morgan fingerprint density at radius 2 is 1.82 bits per heavy atom. The third-order valence-corrected chi connectivity index (χ3v) is 3.53. The maximum Gasteiger partial charge on any atom is 0.123 e. The summed E-state index contributed by atoms with van der Waals surface area (Å²) in [6.45, 7) is 9.86. The van der Waals surface area contributed by atoms with Gasteiger partial charge in [0.15, 0.2) is 0 Å². The molecule has 1 fully saturated rings. The normalized spacial score (nSPS) is 22.2. The van der Waals surface area contributed by atoms with Crippen molar-refractivity contribution in [2.24, 2.45) is 0 Å². The molecule has 94 valence electrons. The van der Waals surface area contributed by atoms with Gasteiger partial charge in [0.05, 0.1) is 0 Å². The molecule has 1 unspecified atom stereocenters. The Kier molecular flexibility index (Phi) is 3.67. The van der Waals surface area contributed by atoms with Crippen molar-refractivity contribution >= 4 is 5.69 Å². The van der Waals surface area contributed by atoms with E-state index in [4.69, 9.17) is 0 Å². The van der Waals surface area contributed by atoms with E-state index in [-0.39, 0.29) is 5.82 Å². The Morgan fingerprint density at radius 3 is 2.35 bits per heavy atom. The first kappa shape index (κ1) is 12.4. The van der Waals surface area contributed by atoms with Crippen LogP contribution in [0, 0.1) is 5.82 Å². The van der Waals surface area contributed by atoms with Gasteiger partial charge in [-0.3, -0.25) is 4.90 Å². The average molecular weight is 236 g/mol. The zero-order valence-corrected chi connectivity index (χ0v) is 10.9. The maximum atomic E-state index is 12.9. The number of hydrogen-bond acceptors (Lipinski definition) is 2. The molecule has 0 N–H and O–H groups in total. The molecule has 0 amide bonds. The van der Waals surface area contributed by atoms with Crippen LogP contribution in [-0.2, 0) is 0 Å². The molecule has 0 saturated carbocycles. The summed E-state index contributed by atoms with van der Waals surface area (Å²) in [4.78, 5) is 4.85. The lowest BCUT2D eigenvalue weighted by molar-refractivity contribution is 0.148. The molecule has 2 rings (SSSR count). The average Bonchev–Trinajstić information content (AvgIpc) is 2.29. The summed E-state index contributed by atoms with van der Waals surface area (Å²) in [5, 5.41) is 0. The lowest BCUT2D eigenvalue weighted by Crippen LogP contribution is -2.54. The van der Waals surface area contributed by atoms with Crippen molar-refractivity contribution < 1.29 is 4.39 Å². The second kappa shape index (κ2) is 5.05. The van der Waals surface area contributed by atoms with E-state index in [9.17, 15) is 4.39 Å². The Hall–Kier alpha value is -1.09. The molecule has 1 atom stereocenters. The lowest BCUT2D eigenvalue weighted by Gasteiger charge is -2.43. The van der Waals surface area contributed by atoms with E-state index in [0.29, 0.717) is 12.1 Å². The minimum Gasteiger partial charge on any atom is -0.369 e. The van der Waals surface area contributed by atoms with Gasteiger partial charge in [-0.2, -0.15) is 0 Å². The summed E-state index contributed by atoms with van der Waals surface area (Å²) in [6.07, 6.45) is 0. The van der Waals surface area contributed by atoms with E-state index < -0.39 is 0 Å². The number of nitrogens with zero attached hydrogens (tertiary/aromatic N) is 2. The minimum atomic E-state index is -0.164. The van der Waals surface area contributed by atoms with Crippen LogP contribution in [0.3, 0.4) is 0 Å². The second-order valence-electron chi connectivity index (χ2n) is 5.10. The van der Waals surface area contributed by atoms with Crippen LogP contribution in [0.4, 0.5) is 10.1 Å². The van der Waals surface area contributed by atoms with Gasteiger partial charge in [-0.1, -0.05) is 0 Å². The molecule has 1 aliphatic rings. The van der Waals surface area contributed by atoms with Crippen LogP contribution in [-0.4, -0.2) is 36.6 Å². The van der Waals surface area contributed by atoms with Gasteiger partial charge >= 0.3 is 0 Å². The first-order chi connectivity index (χ1) is 8.08. The van der Waals surface area contributed by atoms with Crippen molar-refractivity contribution in [3.63, 3.8) is 0 Å². The molecule has 0 aliphatic carbocycles. The Labute approximate surface area is 103 Å². The topological polar surface area (TPSA) is 6.48 Å². The van der Waals surface area contributed by atoms with E-state index in [1.54, 1.807) is 0 Å². The number of piperazine rings is 1. The molecule has 0 aromatic heterocycles. The van der Waals surface area contributed by atoms with Gasteiger partial charge in [0.25, 0.3) is 0 Å². The zero-order valence-electron chi connectivity index (χ0n) is 10.9. The number of halogens is 1. The Balaban J connectivity index is 2.04. The van der Waals surface area contributed by atoms with Crippen LogP contribution in [0.15, 0.2) is 24.3 Å². The summed E-state index contributed by atoms with van der Waals surface area (Å²) >= 11 is 0. The van der Waals surface area contributed by atoms with Crippen molar-refractivity contribution in [3.05, 3.63) is 30.1 Å². The van der Waals surface area contributed by atoms with Gasteiger partial charge in [0.2, 0.25) is 0 Å². The monoisotopic (exact) mass is 236 g/mol. The summed E-state index contributed by atoms with van der Waals surface area (Å²) < 4.78 is 12.9. The van der Waals surface area contributed by atoms with Crippen LogP contribution >= 0.6 is 0 Å². The Morgan fingerprint density at radius 1 is 1.18 bits per heavy atom. The highest BCUT2D eigenvalue weighted by Gasteiger charge is 2.25. The quantitative estimate of drug-likeness (QED) is 0.779. The SMILES string of the molecule is CC(C)N1CCN(c2ccc(F)cc2)CC1C. The van der Waals surface area contributed by atoms with Crippen LogP contribution in [0.5, 0.6) is 0 Å². The van der Waals surface area contributed by atoms with Crippen LogP contribution < -0.4 is 4.90 Å². The van der Waals surface area contributed by atoms with Gasteiger partial charge in [-0.05, 0) is 45.0 Å². The summed E-state index contributed by atoms with van der Waals surface area (Å²) in [5.41, 5.74) is 1.13. The van der Waals surface area contributed by atoms with E-state index in [1.807, 2.05) is 12.1 Å². The van der Waals surface area contributed by atoms with Gasteiger partial charge < -0.3 is 4.90 Å². The van der Waals surface area contributed by atoms with Crippen molar-refractivity contribution in [2.75, 3.05) is 24.5 Å². The first-order valence-corrected chi connectivity index (χ1v) is 6.34. The van der Waals surface area contributed by atoms with Gasteiger partial charge in [0.1, 0.15) is 5.82 Å². The maximum absolute atomic E-state index is 12.9. The highest BCUT2D eigenvalue weighted by molar-refractivity contribution is 5.46. The fraction of sp³-hybridized carbons (Fsp3) is 0.571. The summed E-state index contributed by atoms with van der Waals surface area (Å²) in [6, 6.07) is 7.96. The molecule has 17 heavy (non-hydrogen) atoms. The molecular formula is C14H21FN2. The third-order valence-electron chi connectivity index (χ3n) is 3.53. The molecule has 0 spiro atoms. The smallest absolute Gasteiger partial charge is 0.123 e. The van der Waals surface area contributed by atoms with Gasteiger partial charge in [-0.15, -0.1) is 0 Å². The molecule has 1 aromatic carbocycles. The zero-order chi connectivity index (χ0) is 12.4. The van der Waals surface area contributed by atoms with Crippen LogP contribution in [0.2, 0.25) is 0 Å². The number of rotatable bonds is 2. The van der Waals surface area contributed by atoms with Crippen molar-refractivity contribution in [3.8, 4) is 0 Å². The molecule has 1 aromatic rings. The molecule has 0 radical (unpaired) electrons. The standard InChI is InChI=1S/C14H21FN2/c1-11(2)17-9-8-16(10-12(17)3)14-6-4-13(15)5-7-14/h4-7,11-12H,8-10H2,1-3H3. The molecule has 1 aliphatic heterocycles. The largest absolute Gasteiger partial charge is 0.369 e. The predicted molar refractivity (Wildman–Crippen MR) is 69.9 cm³/mol. The van der Waals surface area contributed by atoms with Gasteiger partial charge in [0, 0.05) is 37.4 Å². The van der Waals surface area contributed by atoms with Crippen LogP contribution in [0.1, 0.15) is 20.8 Å². The third kappa shape index (κ3) is 2.78. The van der Waals surface area contributed by atoms with Crippen molar-refractivity contribution in [1.82, 2.24) is 4.90 Å². The first-order valence-electron chi connectivity index (χ1n) is 6.34. The highest BCUT2D eigenvalue weighted by atomic mass is 19.1. The second-order valence-corrected chi connectivity index (χ2v) is 5.10.